The molecule has 0 unspecified atom stereocenters. The molecule has 5 rings (SSSR count). The number of hydrogen-bond acceptors (Lipinski definition) is 5. The number of rotatable bonds is 3. The highest BCUT2D eigenvalue weighted by Gasteiger charge is 2.63. The fourth-order valence-electron chi connectivity index (χ4n) is 5.52. The van der Waals surface area contributed by atoms with Crippen molar-refractivity contribution < 1.29 is 19.1 Å². The zero-order valence-corrected chi connectivity index (χ0v) is 18.0. The van der Waals surface area contributed by atoms with Gasteiger partial charge in [0.1, 0.15) is 11.8 Å². The van der Waals surface area contributed by atoms with E-state index in [1.807, 2.05) is 67.3 Å². The van der Waals surface area contributed by atoms with Crippen molar-refractivity contribution in [3.63, 3.8) is 0 Å². The molecule has 0 bridgehead atoms. The first-order valence-corrected chi connectivity index (χ1v) is 10.4. The summed E-state index contributed by atoms with van der Waals surface area (Å²) in [4.78, 5) is 43.4. The summed E-state index contributed by atoms with van der Waals surface area (Å²) in [5.41, 5.74) is 4.14. The van der Waals surface area contributed by atoms with Gasteiger partial charge in [0.05, 0.1) is 30.7 Å². The van der Waals surface area contributed by atoms with Crippen LogP contribution < -0.4 is 14.5 Å². The number of imide groups is 1. The first-order chi connectivity index (χ1) is 14.8. The van der Waals surface area contributed by atoms with Crippen molar-refractivity contribution in [3.05, 3.63) is 59.2 Å². The molecule has 0 radical (unpaired) electrons. The lowest BCUT2D eigenvalue weighted by Crippen LogP contribution is -2.48. The molecule has 2 aromatic rings. The van der Waals surface area contributed by atoms with Crippen molar-refractivity contribution in [3.8, 4) is 5.75 Å². The van der Waals surface area contributed by atoms with Crippen molar-refractivity contribution in [2.75, 3.05) is 16.9 Å². The standard InChI is InChI=1S/C25H24N2O4/c1-13-6-5-7-14(2)22(13)27-24(29)20-19-10-8-16-12-17(31-4)9-11-18(16)26(19)23(15(3)28)21(20)25(27)30/h5-12,19-21,23H,1-4H3/t19-,20+,21+,23+/m0/s1. The van der Waals surface area contributed by atoms with Crippen LogP contribution in [0, 0.1) is 25.7 Å². The number of fused-ring (bicyclic) bond motifs is 5. The van der Waals surface area contributed by atoms with Gasteiger partial charge in [-0.05, 0) is 50.1 Å². The Morgan fingerprint density at radius 2 is 1.68 bits per heavy atom. The first kappa shape index (κ1) is 19.5. The number of nitrogens with zero attached hydrogens (tertiary/aromatic N) is 2. The van der Waals surface area contributed by atoms with Gasteiger partial charge in [-0.3, -0.25) is 14.4 Å². The van der Waals surface area contributed by atoms with E-state index in [1.165, 1.54) is 11.8 Å². The van der Waals surface area contributed by atoms with Crippen LogP contribution in [0.3, 0.4) is 0 Å². The second-order valence-corrected chi connectivity index (χ2v) is 8.54. The number of aryl methyl sites for hydroxylation is 2. The average Bonchev–Trinajstić information content (AvgIpc) is 3.22. The zero-order valence-electron chi connectivity index (χ0n) is 18.0. The minimum absolute atomic E-state index is 0.112. The summed E-state index contributed by atoms with van der Waals surface area (Å²) in [6.45, 7) is 5.30. The van der Waals surface area contributed by atoms with Crippen molar-refractivity contribution in [2.24, 2.45) is 11.8 Å². The molecule has 31 heavy (non-hydrogen) atoms. The van der Waals surface area contributed by atoms with Gasteiger partial charge in [0.2, 0.25) is 11.8 Å². The lowest BCUT2D eigenvalue weighted by Gasteiger charge is -2.36. The maximum Gasteiger partial charge on any atom is 0.240 e. The van der Waals surface area contributed by atoms with Crippen LogP contribution in [0.2, 0.25) is 0 Å². The predicted molar refractivity (Wildman–Crippen MR) is 118 cm³/mol. The number of benzene rings is 2. The lowest BCUT2D eigenvalue weighted by atomic mass is 9.88. The van der Waals surface area contributed by atoms with Gasteiger partial charge in [0, 0.05) is 11.3 Å². The van der Waals surface area contributed by atoms with Crippen LogP contribution in [0.25, 0.3) is 6.08 Å². The van der Waals surface area contributed by atoms with E-state index in [1.54, 1.807) is 7.11 Å². The summed E-state index contributed by atoms with van der Waals surface area (Å²) in [6.07, 6.45) is 3.90. The number of carbonyl (C=O) groups excluding carboxylic acids is 3. The molecule has 4 atom stereocenters. The Hall–Kier alpha value is -3.41. The van der Waals surface area contributed by atoms with Crippen molar-refractivity contribution in [1.29, 1.82) is 0 Å². The van der Waals surface area contributed by atoms with Crippen LogP contribution in [-0.4, -0.2) is 36.8 Å². The summed E-state index contributed by atoms with van der Waals surface area (Å²) < 4.78 is 5.33. The molecule has 2 fully saturated rings. The summed E-state index contributed by atoms with van der Waals surface area (Å²) in [7, 11) is 1.61. The van der Waals surface area contributed by atoms with E-state index in [2.05, 4.69) is 0 Å². The Kier molecular flexibility index (Phi) is 4.29. The second-order valence-electron chi connectivity index (χ2n) is 8.54. The van der Waals surface area contributed by atoms with E-state index in [0.29, 0.717) is 11.4 Å². The highest BCUT2D eigenvalue weighted by atomic mass is 16.5. The number of hydrogen-bond donors (Lipinski definition) is 0. The summed E-state index contributed by atoms with van der Waals surface area (Å²) in [5.74, 6) is -1.20. The number of ether oxygens (including phenoxy) is 1. The normalized spacial score (nSPS) is 26.1. The van der Waals surface area contributed by atoms with Gasteiger partial charge in [-0.2, -0.15) is 0 Å². The molecule has 0 N–H and O–H groups in total. The predicted octanol–water partition coefficient (Wildman–Crippen LogP) is 3.29. The summed E-state index contributed by atoms with van der Waals surface area (Å²) in [6, 6.07) is 10.3. The average molecular weight is 416 g/mol. The van der Waals surface area contributed by atoms with Gasteiger partial charge in [-0.15, -0.1) is 0 Å². The van der Waals surface area contributed by atoms with E-state index in [4.69, 9.17) is 4.74 Å². The molecule has 2 aromatic carbocycles. The molecule has 3 heterocycles. The van der Waals surface area contributed by atoms with Crippen molar-refractivity contribution in [2.45, 2.75) is 32.9 Å². The molecular weight excluding hydrogens is 392 g/mol. The fraction of sp³-hybridized carbons (Fsp3) is 0.320. The molecule has 6 heteroatoms. The molecule has 3 aliphatic rings. The van der Waals surface area contributed by atoms with Gasteiger partial charge in [-0.1, -0.05) is 30.4 Å². The smallest absolute Gasteiger partial charge is 0.240 e. The molecular formula is C25H24N2O4. The zero-order chi connectivity index (χ0) is 22.0. The van der Waals surface area contributed by atoms with Gasteiger partial charge in [-0.25, -0.2) is 4.90 Å². The summed E-state index contributed by atoms with van der Waals surface area (Å²) in [5, 5.41) is 0. The molecule has 2 amide bonds. The highest BCUT2D eigenvalue weighted by Crippen LogP contribution is 2.50. The largest absolute Gasteiger partial charge is 0.497 e. The Labute approximate surface area is 181 Å². The maximum absolute atomic E-state index is 13.7. The number of Topliss-reactive ketones (excluding diaryl/α,β-unsaturated/α-hetero) is 1. The number of amides is 2. The van der Waals surface area contributed by atoms with Crippen LogP contribution in [0.15, 0.2) is 42.5 Å². The Balaban J connectivity index is 1.63. The van der Waals surface area contributed by atoms with Crippen LogP contribution in [-0.2, 0) is 14.4 Å². The van der Waals surface area contributed by atoms with E-state index in [0.717, 1.165) is 22.4 Å². The molecule has 0 spiro atoms. The Morgan fingerprint density at radius 1 is 1.00 bits per heavy atom. The molecule has 6 nitrogen and oxygen atoms in total. The monoisotopic (exact) mass is 416 g/mol. The third-order valence-electron chi connectivity index (χ3n) is 6.79. The molecule has 0 aromatic heterocycles. The number of carbonyl (C=O) groups is 3. The maximum atomic E-state index is 13.7. The van der Waals surface area contributed by atoms with E-state index in [-0.39, 0.29) is 23.6 Å². The Bertz CT molecular complexity index is 1150. The number of para-hydroxylation sites is 1. The van der Waals surface area contributed by atoms with Crippen LogP contribution >= 0.6 is 0 Å². The number of anilines is 2. The SMILES string of the molecule is COc1ccc2c(c1)C=C[C@H]1[C@H]3C(=O)N(c4c(C)cccc4C)C(=O)[C@H]3[C@@H](C(C)=O)N21. The molecule has 0 aliphatic carbocycles. The third-order valence-corrected chi connectivity index (χ3v) is 6.79. The minimum Gasteiger partial charge on any atom is -0.497 e. The lowest BCUT2D eigenvalue weighted by molar-refractivity contribution is -0.126. The van der Waals surface area contributed by atoms with Crippen LogP contribution in [0.1, 0.15) is 23.6 Å². The van der Waals surface area contributed by atoms with Crippen LogP contribution in [0.4, 0.5) is 11.4 Å². The molecule has 0 saturated carbocycles. The molecule has 2 saturated heterocycles. The van der Waals surface area contributed by atoms with Crippen molar-refractivity contribution in [1.82, 2.24) is 0 Å². The van der Waals surface area contributed by atoms with Gasteiger partial charge in [0.15, 0.2) is 5.78 Å². The molecule has 158 valence electrons. The van der Waals surface area contributed by atoms with E-state index in [9.17, 15) is 14.4 Å². The Morgan fingerprint density at radius 3 is 2.32 bits per heavy atom. The van der Waals surface area contributed by atoms with Crippen molar-refractivity contribution >= 4 is 35.0 Å². The van der Waals surface area contributed by atoms with Gasteiger partial charge < -0.3 is 9.64 Å². The third kappa shape index (κ3) is 2.60. The quantitative estimate of drug-likeness (QED) is 0.719. The fourth-order valence-corrected chi connectivity index (χ4v) is 5.52. The highest BCUT2D eigenvalue weighted by molar-refractivity contribution is 6.25. The second kappa shape index (κ2) is 6.80. The van der Waals surface area contributed by atoms with E-state index < -0.39 is 17.9 Å². The number of ketones is 1. The van der Waals surface area contributed by atoms with Gasteiger partial charge >= 0.3 is 0 Å². The van der Waals surface area contributed by atoms with Crippen LogP contribution in [0.5, 0.6) is 5.75 Å². The molecule has 3 aliphatic heterocycles. The first-order valence-electron chi connectivity index (χ1n) is 10.4. The minimum atomic E-state index is -0.702. The van der Waals surface area contributed by atoms with Gasteiger partial charge in [0.25, 0.3) is 0 Å². The number of methoxy groups -OCH3 is 1. The topological polar surface area (TPSA) is 66.9 Å². The summed E-state index contributed by atoms with van der Waals surface area (Å²) >= 11 is 0. The van der Waals surface area contributed by atoms with E-state index >= 15 is 0 Å².